The maximum absolute atomic E-state index is 14.8. The molecule has 3 saturated heterocycles. The van der Waals surface area contributed by atoms with E-state index in [1.54, 1.807) is 53.8 Å². The van der Waals surface area contributed by atoms with Crippen molar-refractivity contribution >= 4 is 15.8 Å². The van der Waals surface area contributed by atoms with Gasteiger partial charge in [0.1, 0.15) is 54.6 Å². The number of aromatic nitrogens is 3. The highest BCUT2D eigenvalue weighted by molar-refractivity contribution is 7.91. The van der Waals surface area contributed by atoms with Crippen LogP contribution < -0.4 is 0 Å². The van der Waals surface area contributed by atoms with E-state index in [1.165, 1.54) is 50.1 Å². The Morgan fingerprint density at radius 2 is 1.67 bits per heavy atom. The molecule has 4 heterocycles. The number of esters is 1. The molecule has 0 spiro atoms. The molecule has 3 aliphatic rings. The summed E-state index contributed by atoms with van der Waals surface area (Å²) in [5, 5.41) is 77.7. The van der Waals surface area contributed by atoms with Crippen LogP contribution in [0.15, 0.2) is 35.4 Å². The number of benzene rings is 1. The first-order chi connectivity index (χ1) is 35.0. The van der Waals surface area contributed by atoms with Crippen LogP contribution in [0, 0.1) is 35.0 Å². The van der Waals surface area contributed by atoms with Gasteiger partial charge in [0.15, 0.2) is 16.1 Å². The first-order valence-corrected chi connectivity index (χ1v) is 28.0. The van der Waals surface area contributed by atoms with Crippen molar-refractivity contribution in [1.29, 1.82) is 5.26 Å². The second-order valence-corrected chi connectivity index (χ2v) is 24.6. The molecule has 0 amide bonds. The van der Waals surface area contributed by atoms with Crippen LogP contribution in [0.25, 0.3) is 0 Å². The number of nitrogens with zero attached hydrogens (tertiary/aromatic N) is 6. The van der Waals surface area contributed by atoms with E-state index in [2.05, 4.69) is 10.3 Å². The van der Waals surface area contributed by atoms with Crippen LogP contribution >= 0.6 is 0 Å². The minimum absolute atomic E-state index is 0.0381. The summed E-state index contributed by atoms with van der Waals surface area (Å²) in [6, 6.07) is 5.33. The highest BCUT2D eigenvalue weighted by Crippen LogP contribution is 2.45. The summed E-state index contributed by atoms with van der Waals surface area (Å²) in [6.45, 7) is 17.5. The number of halogens is 1. The third-order valence-electron chi connectivity index (χ3n) is 16.7. The number of likely N-dealkylation sites (N-methyl/N-ethyl adjacent to an activating group) is 2. The lowest BCUT2D eigenvalue weighted by molar-refractivity contribution is -0.302. The van der Waals surface area contributed by atoms with E-state index in [4.69, 9.17) is 33.7 Å². The van der Waals surface area contributed by atoms with Gasteiger partial charge in [0, 0.05) is 64.3 Å². The first kappa shape index (κ1) is 62.6. The maximum atomic E-state index is 14.8. The van der Waals surface area contributed by atoms with Crippen LogP contribution in [-0.4, -0.2) is 203 Å². The molecule has 20 nitrogen and oxygen atoms in total. The quantitative estimate of drug-likeness (QED) is 0.150. The Bertz CT molecular complexity index is 2310. The molecular formula is C53H87FN6O14S. The van der Waals surface area contributed by atoms with Crippen LogP contribution in [0.2, 0.25) is 0 Å². The van der Waals surface area contributed by atoms with Crippen molar-refractivity contribution in [2.45, 2.75) is 202 Å². The number of alkyl halides is 1. The Balaban J connectivity index is 1.44. The van der Waals surface area contributed by atoms with Crippen LogP contribution in [0.1, 0.15) is 118 Å². The Kier molecular flexibility index (Phi) is 21.4. The van der Waals surface area contributed by atoms with E-state index in [-0.39, 0.29) is 30.1 Å². The average Bonchev–Trinajstić information content (AvgIpc) is 3.83. The monoisotopic (exact) mass is 1080 g/mol. The Labute approximate surface area is 443 Å². The normalized spacial score (nSPS) is 39.0. The lowest BCUT2D eigenvalue weighted by Gasteiger charge is -2.51. The van der Waals surface area contributed by atoms with Gasteiger partial charge in [-0.25, -0.2) is 17.5 Å². The van der Waals surface area contributed by atoms with Crippen molar-refractivity contribution in [2.75, 3.05) is 53.8 Å². The van der Waals surface area contributed by atoms with Crippen molar-refractivity contribution in [1.82, 2.24) is 24.8 Å². The zero-order valence-electron chi connectivity index (χ0n) is 46.4. The van der Waals surface area contributed by atoms with Gasteiger partial charge in [-0.05, 0) is 104 Å². The summed E-state index contributed by atoms with van der Waals surface area (Å²) in [5.41, 5.74) is -3.56. The maximum Gasteiger partial charge on any atom is 0.309 e. The van der Waals surface area contributed by atoms with Gasteiger partial charge in [0.05, 0.1) is 58.2 Å². The Morgan fingerprint density at radius 3 is 2.25 bits per heavy atom. The number of carbonyl (C=O) groups is 1. The molecule has 3 fully saturated rings. The number of nitriles is 1. The van der Waals surface area contributed by atoms with Gasteiger partial charge in [-0.3, -0.25) is 4.79 Å². The van der Waals surface area contributed by atoms with E-state index >= 15 is 0 Å². The molecule has 1 aromatic carbocycles. The molecule has 2 aromatic rings. The molecule has 75 heavy (non-hydrogen) atoms. The van der Waals surface area contributed by atoms with Gasteiger partial charge in [0.2, 0.25) is 0 Å². The van der Waals surface area contributed by atoms with E-state index in [1.807, 2.05) is 44.7 Å². The summed E-state index contributed by atoms with van der Waals surface area (Å²) in [5.74, 6) is -4.05. The Hall–Kier alpha value is -3.28. The number of cyclic esters (lactones) is 1. The second-order valence-electron chi connectivity index (χ2n) is 22.6. The van der Waals surface area contributed by atoms with E-state index in [0.717, 1.165) is 0 Å². The summed E-state index contributed by atoms with van der Waals surface area (Å²) < 4.78 is 78.9. The third-order valence-corrected chi connectivity index (χ3v) is 18.2. The number of hydrogen-bond acceptors (Lipinski definition) is 19. The lowest BCUT2D eigenvalue weighted by Crippen LogP contribution is -2.62. The topological polar surface area (TPSA) is 269 Å². The molecule has 0 aliphatic carbocycles. The smallest absolute Gasteiger partial charge is 0.309 e. The summed E-state index contributed by atoms with van der Waals surface area (Å²) in [4.78, 5) is 18.5. The fourth-order valence-electron chi connectivity index (χ4n) is 12.1. The number of hydrogen-bond donors (Lipinski definition) is 5. The molecule has 22 heteroatoms. The lowest BCUT2D eigenvalue weighted by atomic mass is 9.68. The van der Waals surface area contributed by atoms with Crippen molar-refractivity contribution in [2.24, 2.45) is 23.7 Å². The third kappa shape index (κ3) is 14.1. The minimum atomic E-state index is -3.81. The van der Waals surface area contributed by atoms with Crippen LogP contribution in [0.3, 0.4) is 0 Å². The number of methoxy groups -OCH3 is 2. The number of rotatable bonds is 16. The fourth-order valence-corrected chi connectivity index (χ4v) is 13.0. The number of sulfone groups is 1. The van der Waals surface area contributed by atoms with Gasteiger partial charge < -0.3 is 63.8 Å². The first-order valence-electron chi connectivity index (χ1n) is 26.3. The van der Waals surface area contributed by atoms with Gasteiger partial charge in [-0.2, -0.15) is 5.26 Å². The number of carbonyl (C=O) groups excluding carboxylic acids is 1. The van der Waals surface area contributed by atoms with Crippen molar-refractivity contribution in [3.63, 3.8) is 0 Å². The number of aliphatic hydroxyl groups excluding tert-OH is 3. The molecule has 20 atom stereocenters. The summed E-state index contributed by atoms with van der Waals surface area (Å²) in [7, 11) is 2.79. The molecule has 5 rings (SSSR count). The van der Waals surface area contributed by atoms with Gasteiger partial charge in [-0.15, -0.1) is 5.10 Å². The van der Waals surface area contributed by atoms with E-state index in [9.17, 15) is 43.1 Å². The predicted molar refractivity (Wildman–Crippen MR) is 274 cm³/mol. The zero-order valence-corrected chi connectivity index (χ0v) is 47.3. The average molecular weight is 1080 g/mol. The number of ether oxygens (including phenoxy) is 6. The molecule has 426 valence electrons. The molecule has 1 aromatic heterocycles. The molecule has 5 N–H and O–H groups in total. The van der Waals surface area contributed by atoms with Crippen LogP contribution in [0.4, 0.5) is 4.39 Å². The highest BCUT2D eigenvalue weighted by Gasteiger charge is 2.55. The minimum Gasteiger partial charge on any atom is -0.459 e. The van der Waals surface area contributed by atoms with Gasteiger partial charge >= 0.3 is 5.97 Å². The van der Waals surface area contributed by atoms with Crippen molar-refractivity contribution in [3.05, 3.63) is 41.7 Å². The van der Waals surface area contributed by atoms with E-state index < -0.39 is 142 Å². The zero-order chi connectivity index (χ0) is 56.1. The molecule has 1 unspecified atom stereocenters. The molecule has 0 radical (unpaired) electrons. The molecule has 0 saturated carbocycles. The van der Waals surface area contributed by atoms with E-state index in [0.29, 0.717) is 37.2 Å². The Morgan fingerprint density at radius 1 is 1.01 bits per heavy atom. The molecule has 3 aliphatic heterocycles. The standard InChI is InChI=1S/C53H87FN6O14S/c1-15-42-53(10,66)46(62)34(6)59(12)28-30(2)25-51(8,65)48(32(4)43(33(5)49(64)73-42)41-26-52(9,70-14)47(63)35(7)72-41)74-50-44(61)39(24-31(3)71-50)58(11)22-20-37-29-60(57-56-37)40(27-54)45(69-13)36-16-18-38(19-17-36)75(67,68)23-21-55/h16-19,29-35,39-48,50,61-63,65-66H,15,20,22-28H2,1-14H3/t30-,31-,32+,33-,34-,35+,39+,40-,41?,42-,43+,44-,45-,46-,47+,48-,50+,51-,52-,53-/m1/s1. The molecule has 0 bridgehead atoms. The number of aliphatic hydroxyl groups is 5. The van der Waals surface area contributed by atoms with Gasteiger partial charge in [0.25, 0.3) is 0 Å². The largest absolute Gasteiger partial charge is 0.459 e. The highest BCUT2D eigenvalue weighted by atomic mass is 32.2. The summed E-state index contributed by atoms with van der Waals surface area (Å²) >= 11 is 0. The van der Waals surface area contributed by atoms with Crippen LogP contribution in [0.5, 0.6) is 0 Å². The van der Waals surface area contributed by atoms with Crippen LogP contribution in [-0.2, 0) is 49.5 Å². The van der Waals surface area contributed by atoms with Crippen molar-refractivity contribution < 1.29 is 71.6 Å². The predicted octanol–water partition coefficient (Wildman–Crippen LogP) is 3.57. The van der Waals surface area contributed by atoms with Crippen molar-refractivity contribution in [3.8, 4) is 6.07 Å². The second kappa shape index (κ2) is 25.7. The SMILES string of the molecule is CC[C@H]1OC(=O)[C@H](C)[C@@H](C2C[C@@](C)(OC)[C@@H](O)[C@H](C)O2)[C@H](C)[C@@H](O[C@@H]2O[C@H](C)C[C@H](N(C)CCc3cn([C@H](CF)[C@H](OC)c4ccc(S(=O)(=O)CC#N)cc4)nn3)[C@H]2O)[C@](C)(O)C[C@@H](C)CN(C)[C@H](C)[C@@H](O)[C@]1(C)O. The van der Waals surface area contributed by atoms with Gasteiger partial charge in [-0.1, -0.05) is 45.0 Å². The summed E-state index contributed by atoms with van der Waals surface area (Å²) in [6.07, 6.45) is -6.99. The fraction of sp³-hybridized carbons (Fsp3) is 0.811. The molecular weight excluding hydrogens is 996 g/mol.